The SMILES string of the molecule is C=CC(=O)Nc1cc(-c2ccc(NC=O)c3[nH]ccc23)ccc1C#N. The highest BCUT2D eigenvalue weighted by atomic mass is 16.1. The number of rotatable bonds is 5. The van der Waals surface area contributed by atoms with E-state index in [9.17, 15) is 14.9 Å². The summed E-state index contributed by atoms with van der Waals surface area (Å²) in [6.07, 6.45) is 3.56. The summed E-state index contributed by atoms with van der Waals surface area (Å²) in [5, 5.41) is 15.4. The predicted octanol–water partition coefficient (Wildman–Crippen LogP) is 3.40. The minimum absolute atomic E-state index is 0.364. The van der Waals surface area contributed by atoms with Crippen LogP contribution in [0.4, 0.5) is 11.4 Å². The summed E-state index contributed by atoms with van der Waals surface area (Å²) in [7, 11) is 0. The molecule has 0 aliphatic rings. The van der Waals surface area contributed by atoms with Crippen LogP contribution in [0.15, 0.2) is 55.3 Å². The fourth-order valence-corrected chi connectivity index (χ4v) is 2.69. The smallest absolute Gasteiger partial charge is 0.247 e. The van der Waals surface area contributed by atoms with Crippen LogP contribution < -0.4 is 10.6 Å². The molecule has 3 aromatic rings. The molecule has 25 heavy (non-hydrogen) atoms. The lowest BCUT2D eigenvalue weighted by atomic mass is 9.98. The molecule has 0 aliphatic heterocycles. The summed E-state index contributed by atoms with van der Waals surface area (Å²) >= 11 is 0. The van der Waals surface area contributed by atoms with Crippen molar-refractivity contribution in [3.8, 4) is 17.2 Å². The van der Waals surface area contributed by atoms with Crippen LogP contribution in [0.25, 0.3) is 22.0 Å². The van der Waals surface area contributed by atoms with Crippen LogP contribution >= 0.6 is 0 Å². The number of H-pyrrole nitrogens is 1. The number of benzene rings is 2. The molecule has 0 aliphatic carbocycles. The molecule has 0 saturated heterocycles. The third kappa shape index (κ3) is 2.99. The maximum atomic E-state index is 11.6. The van der Waals surface area contributed by atoms with Gasteiger partial charge in [0.2, 0.25) is 12.3 Å². The van der Waals surface area contributed by atoms with E-state index in [-0.39, 0.29) is 5.91 Å². The molecule has 0 unspecified atom stereocenters. The number of hydrogen-bond acceptors (Lipinski definition) is 3. The Kier molecular flexibility index (Phi) is 4.31. The molecule has 0 bridgehead atoms. The summed E-state index contributed by atoms with van der Waals surface area (Å²) < 4.78 is 0. The van der Waals surface area contributed by atoms with Gasteiger partial charge >= 0.3 is 0 Å². The van der Waals surface area contributed by atoms with E-state index in [1.807, 2.05) is 18.2 Å². The Morgan fingerprint density at radius 1 is 1.20 bits per heavy atom. The first-order chi connectivity index (χ1) is 12.2. The summed E-state index contributed by atoms with van der Waals surface area (Å²) in [4.78, 5) is 25.4. The third-order valence-corrected chi connectivity index (χ3v) is 3.83. The molecule has 3 rings (SSSR count). The van der Waals surface area contributed by atoms with E-state index in [0.717, 1.165) is 28.1 Å². The van der Waals surface area contributed by atoms with Gasteiger partial charge in [-0.3, -0.25) is 9.59 Å². The lowest BCUT2D eigenvalue weighted by Crippen LogP contribution is -2.08. The molecular formula is C19H14N4O2. The zero-order chi connectivity index (χ0) is 17.8. The van der Waals surface area contributed by atoms with Crippen LogP contribution in [0.3, 0.4) is 0 Å². The van der Waals surface area contributed by atoms with Gasteiger partial charge in [-0.2, -0.15) is 5.26 Å². The number of nitriles is 1. The quantitative estimate of drug-likeness (QED) is 0.494. The van der Waals surface area contributed by atoms with E-state index >= 15 is 0 Å². The summed E-state index contributed by atoms with van der Waals surface area (Å²) in [5.41, 5.74) is 4.00. The number of anilines is 2. The van der Waals surface area contributed by atoms with Crippen LogP contribution in [-0.2, 0) is 9.59 Å². The topological polar surface area (TPSA) is 97.8 Å². The van der Waals surface area contributed by atoms with Gasteiger partial charge in [0.25, 0.3) is 0 Å². The van der Waals surface area contributed by atoms with Crippen molar-refractivity contribution in [3.05, 3.63) is 60.8 Å². The Labute approximate surface area is 143 Å². The van der Waals surface area contributed by atoms with Crippen LogP contribution in [0.1, 0.15) is 5.56 Å². The highest BCUT2D eigenvalue weighted by molar-refractivity contribution is 6.05. The van der Waals surface area contributed by atoms with Crippen molar-refractivity contribution in [1.29, 1.82) is 5.26 Å². The lowest BCUT2D eigenvalue weighted by Gasteiger charge is -2.11. The fourth-order valence-electron chi connectivity index (χ4n) is 2.69. The van der Waals surface area contributed by atoms with Crippen molar-refractivity contribution in [2.75, 3.05) is 10.6 Å². The van der Waals surface area contributed by atoms with Gasteiger partial charge in [-0.15, -0.1) is 0 Å². The molecule has 2 amide bonds. The maximum Gasteiger partial charge on any atom is 0.247 e. The van der Waals surface area contributed by atoms with Gasteiger partial charge in [0.15, 0.2) is 0 Å². The molecule has 6 nitrogen and oxygen atoms in total. The second kappa shape index (κ2) is 6.72. The summed E-state index contributed by atoms with van der Waals surface area (Å²) in [5.74, 6) is -0.383. The summed E-state index contributed by atoms with van der Waals surface area (Å²) in [6.45, 7) is 3.42. The highest BCUT2D eigenvalue weighted by Crippen LogP contribution is 2.34. The maximum absolute atomic E-state index is 11.6. The minimum Gasteiger partial charge on any atom is -0.359 e. The van der Waals surface area contributed by atoms with Gasteiger partial charge < -0.3 is 15.6 Å². The standard InChI is InChI=1S/C19H14N4O2/c1-2-18(25)23-17-9-12(3-4-13(17)10-20)14-5-6-16(22-11-24)19-15(14)7-8-21-19/h2-9,11,21H,1H2,(H,22,24)(H,23,25). The zero-order valence-electron chi connectivity index (χ0n) is 13.2. The van der Waals surface area contributed by atoms with E-state index in [1.165, 1.54) is 0 Å². The predicted molar refractivity (Wildman–Crippen MR) is 97.0 cm³/mol. The Bertz CT molecular complexity index is 1030. The molecule has 3 N–H and O–H groups in total. The molecule has 0 atom stereocenters. The van der Waals surface area contributed by atoms with Crippen LogP contribution in [-0.4, -0.2) is 17.3 Å². The number of carbonyl (C=O) groups is 2. The van der Waals surface area contributed by atoms with Crippen molar-refractivity contribution in [1.82, 2.24) is 4.98 Å². The van der Waals surface area contributed by atoms with Crippen LogP contribution in [0.2, 0.25) is 0 Å². The molecule has 6 heteroatoms. The minimum atomic E-state index is -0.383. The van der Waals surface area contributed by atoms with E-state index in [0.29, 0.717) is 23.3 Å². The van der Waals surface area contributed by atoms with Crippen molar-refractivity contribution in [2.45, 2.75) is 0 Å². The normalized spacial score (nSPS) is 10.0. The summed E-state index contributed by atoms with van der Waals surface area (Å²) in [6, 6.07) is 12.9. The van der Waals surface area contributed by atoms with E-state index in [4.69, 9.17) is 0 Å². The number of nitrogens with one attached hydrogen (secondary N) is 3. The van der Waals surface area contributed by atoms with Gasteiger partial charge in [-0.25, -0.2) is 0 Å². The Hall–Kier alpha value is -3.85. The van der Waals surface area contributed by atoms with Crippen molar-refractivity contribution >= 4 is 34.6 Å². The first-order valence-electron chi connectivity index (χ1n) is 7.46. The van der Waals surface area contributed by atoms with Gasteiger partial charge in [0.05, 0.1) is 22.5 Å². The lowest BCUT2D eigenvalue weighted by molar-refractivity contribution is -0.112. The molecule has 1 aromatic heterocycles. The molecule has 0 saturated carbocycles. The molecule has 2 aromatic carbocycles. The number of aromatic nitrogens is 1. The Morgan fingerprint density at radius 2 is 2.04 bits per heavy atom. The fraction of sp³-hybridized carbons (Fsp3) is 0. The van der Waals surface area contributed by atoms with Crippen LogP contribution in [0, 0.1) is 11.3 Å². The number of hydrogen-bond donors (Lipinski definition) is 3. The first-order valence-corrected chi connectivity index (χ1v) is 7.46. The molecule has 1 heterocycles. The van der Waals surface area contributed by atoms with E-state index in [2.05, 4.69) is 28.3 Å². The van der Waals surface area contributed by atoms with Gasteiger partial charge in [0, 0.05) is 11.6 Å². The molecule has 0 radical (unpaired) electrons. The molecule has 0 fully saturated rings. The van der Waals surface area contributed by atoms with Gasteiger partial charge in [0.1, 0.15) is 6.07 Å². The molecular weight excluding hydrogens is 316 g/mol. The van der Waals surface area contributed by atoms with Gasteiger partial charge in [-0.05, 0) is 41.5 Å². The number of carbonyl (C=O) groups excluding carboxylic acids is 2. The molecule has 122 valence electrons. The number of amides is 2. The van der Waals surface area contributed by atoms with Crippen LogP contribution in [0.5, 0.6) is 0 Å². The van der Waals surface area contributed by atoms with Gasteiger partial charge in [-0.1, -0.05) is 18.7 Å². The average molecular weight is 330 g/mol. The third-order valence-electron chi connectivity index (χ3n) is 3.83. The number of aromatic amines is 1. The van der Waals surface area contributed by atoms with Crippen molar-refractivity contribution in [3.63, 3.8) is 0 Å². The Morgan fingerprint density at radius 3 is 2.76 bits per heavy atom. The number of nitrogens with zero attached hydrogens (tertiary/aromatic N) is 1. The monoisotopic (exact) mass is 330 g/mol. The van der Waals surface area contributed by atoms with E-state index in [1.54, 1.807) is 24.4 Å². The largest absolute Gasteiger partial charge is 0.359 e. The molecule has 0 spiro atoms. The second-order valence-electron chi connectivity index (χ2n) is 5.25. The number of fused-ring (bicyclic) bond motifs is 1. The van der Waals surface area contributed by atoms with Crippen molar-refractivity contribution < 1.29 is 9.59 Å². The average Bonchev–Trinajstić information content (AvgIpc) is 3.12. The highest BCUT2D eigenvalue weighted by Gasteiger charge is 2.12. The van der Waals surface area contributed by atoms with Crippen molar-refractivity contribution in [2.24, 2.45) is 0 Å². The van der Waals surface area contributed by atoms with E-state index < -0.39 is 0 Å². The first kappa shape index (κ1) is 16.0. The second-order valence-corrected chi connectivity index (χ2v) is 5.25. The Balaban J connectivity index is 2.14. The zero-order valence-corrected chi connectivity index (χ0v) is 13.2.